The molecule has 122 valence electrons. The molecule has 4 heteroatoms. The van der Waals surface area contributed by atoms with Crippen molar-refractivity contribution in [1.29, 1.82) is 0 Å². The smallest absolute Gasteiger partial charge is 0.314 e. The molecule has 0 radical (unpaired) electrons. The number of ether oxygens (including phenoxy) is 1. The average Bonchev–Trinajstić information content (AvgIpc) is 3.07. The van der Waals surface area contributed by atoms with Crippen molar-refractivity contribution in [2.75, 3.05) is 26.2 Å². The predicted molar refractivity (Wildman–Crippen MR) is 92.3 cm³/mol. The van der Waals surface area contributed by atoms with Crippen LogP contribution in [0.25, 0.3) is 0 Å². The summed E-state index contributed by atoms with van der Waals surface area (Å²) in [6.45, 7) is 7.55. The van der Waals surface area contributed by atoms with Gasteiger partial charge in [-0.05, 0) is 49.7 Å². The van der Waals surface area contributed by atoms with Crippen molar-refractivity contribution in [2.45, 2.75) is 39.0 Å². The molecule has 2 atom stereocenters. The van der Waals surface area contributed by atoms with E-state index in [0.29, 0.717) is 6.61 Å². The number of rotatable bonds is 8. The molecule has 1 aliphatic carbocycles. The number of esters is 1. The van der Waals surface area contributed by atoms with Crippen LogP contribution in [-0.4, -0.2) is 37.1 Å². The molecule has 0 fully saturated rings. The van der Waals surface area contributed by atoms with Crippen LogP contribution in [0, 0.1) is 5.92 Å². The van der Waals surface area contributed by atoms with E-state index in [1.807, 2.05) is 11.4 Å². The number of nitrogens with zero attached hydrogens (tertiary/aromatic N) is 1. The molecule has 0 aliphatic heterocycles. The monoisotopic (exact) mass is 321 g/mol. The molecule has 2 unspecified atom stereocenters. The molecular formula is C18H27NO2S. The van der Waals surface area contributed by atoms with E-state index < -0.39 is 0 Å². The van der Waals surface area contributed by atoms with E-state index in [9.17, 15) is 4.79 Å². The van der Waals surface area contributed by atoms with Gasteiger partial charge in [0.05, 0.1) is 5.92 Å². The van der Waals surface area contributed by atoms with Gasteiger partial charge in [-0.25, -0.2) is 0 Å². The molecule has 0 aromatic carbocycles. The zero-order valence-corrected chi connectivity index (χ0v) is 14.5. The van der Waals surface area contributed by atoms with Crippen LogP contribution in [0.5, 0.6) is 0 Å². The van der Waals surface area contributed by atoms with Gasteiger partial charge in [0.15, 0.2) is 0 Å². The number of allylic oxidation sites excluding steroid dienone is 2. The van der Waals surface area contributed by atoms with E-state index in [1.54, 1.807) is 11.3 Å². The second-order valence-corrected chi connectivity index (χ2v) is 6.69. The van der Waals surface area contributed by atoms with Gasteiger partial charge in [0.2, 0.25) is 0 Å². The first-order valence-electron chi connectivity index (χ1n) is 8.35. The number of carbonyl (C=O) groups is 1. The molecule has 1 aromatic rings. The normalized spacial score (nSPS) is 19.3. The molecule has 0 bridgehead atoms. The maximum atomic E-state index is 12.6. The quantitative estimate of drug-likeness (QED) is 0.534. The number of hydrogen-bond acceptors (Lipinski definition) is 4. The molecule has 0 saturated heterocycles. The van der Waals surface area contributed by atoms with E-state index in [-0.39, 0.29) is 17.8 Å². The highest BCUT2D eigenvalue weighted by molar-refractivity contribution is 7.10. The second-order valence-electron chi connectivity index (χ2n) is 5.71. The summed E-state index contributed by atoms with van der Waals surface area (Å²) in [5.41, 5.74) is 0. The highest BCUT2D eigenvalue weighted by atomic mass is 32.1. The fraction of sp³-hybridized carbons (Fsp3) is 0.611. The van der Waals surface area contributed by atoms with Gasteiger partial charge < -0.3 is 9.64 Å². The summed E-state index contributed by atoms with van der Waals surface area (Å²) in [4.78, 5) is 16.0. The van der Waals surface area contributed by atoms with E-state index in [0.717, 1.165) is 43.8 Å². The molecule has 3 nitrogen and oxygen atoms in total. The second kappa shape index (κ2) is 9.11. The molecule has 0 N–H and O–H groups in total. The van der Waals surface area contributed by atoms with Crippen molar-refractivity contribution in [1.82, 2.24) is 4.90 Å². The zero-order valence-electron chi connectivity index (χ0n) is 13.7. The molecule has 2 rings (SSSR count). The first-order chi connectivity index (χ1) is 10.8. The summed E-state index contributed by atoms with van der Waals surface area (Å²) in [7, 11) is 0. The average molecular weight is 321 g/mol. The van der Waals surface area contributed by atoms with Gasteiger partial charge in [0.1, 0.15) is 6.61 Å². The summed E-state index contributed by atoms with van der Waals surface area (Å²) in [5.74, 6) is 0.0905. The summed E-state index contributed by atoms with van der Waals surface area (Å²) in [5, 5.41) is 2.04. The van der Waals surface area contributed by atoms with Crippen molar-refractivity contribution < 1.29 is 9.53 Å². The molecule has 1 aliphatic rings. The van der Waals surface area contributed by atoms with Crippen molar-refractivity contribution in [3.05, 3.63) is 34.5 Å². The van der Waals surface area contributed by atoms with Gasteiger partial charge in [-0.15, -0.1) is 11.3 Å². The fourth-order valence-electron chi connectivity index (χ4n) is 2.99. The summed E-state index contributed by atoms with van der Waals surface area (Å²) >= 11 is 1.66. The lowest BCUT2D eigenvalue weighted by Crippen LogP contribution is -2.30. The lowest BCUT2D eigenvalue weighted by molar-refractivity contribution is -0.147. The van der Waals surface area contributed by atoms with Crippen molar-refractivity contribution in [2.24, 2.45) is 5.92 Å². The Morgan fingerprint density at radius 1 is 1.45 bits per heavy atom. The van der Waals surface area contributed by atoms with Crippen LogP contribution in [0.15, 0.2) is 29.7 Å². The van der Waals surface area contributed by atoms with Crippen LogP contribution < -0.4 is 0 Å². The Labute approximate surface area is 138 Å². The molecule has 22 heavy (non-hydrogen) atoms. The van der Waals surface area contributed by atoms with Gasteiger partial charge in [-0.1, -0.05) is 32.1 Å². The Balaban J connectivity index is 1.97. The lowest BCUT2D eigenvalue weighted by Gasteiger charge is -2.25. The Hall–Kier alpha value is -1.13. The minimum atomic E-state index is -0.131. The van der Waals surface area contributed by atoms with Crippen LogP contribution in [0.1, 0.15) is 43.9 Å². The molecule has 1 aromatic heterocycles. The molecule has 0 spiro atoms. The van der Waals surface area contributed by atoms with E-state index in [4.69, 9.17) is 4.74 Å². The molecule has 0 amide bonds. The SMILES string of the molecule is CCN(CC)CCOC(=O)C(c1cccs1)C1C=CCCC1. The van der Waals surface area contributed by atoms with Crippen LogP contribution >= 0.6 is 11.3 Å². The number of carbonyl (C=O) groups excluding carboxylic acids is 1. The predicted octanol–water partition coefficient (Wildman–Crippen LogP) is 4.07. The first kappa shape index (κ1) is 17.2. The van der Waals surface area contributed by atoms with Gasteiger partial charge >= 0.3 is 5.97 Å². The van der Waals surface area contributed by atoms with E-state index in [1.165, 1.54) is 0 Å². The lowest BCUT2D eigenvalue weighted by atomic mass is 9.83. The Morgan fingerprint density at radius 2 is 2.27 bits per heavy atom. The highest BCUT2D eigenvalue weighted by Gasteiger charge is 2.31. The summed E-state index contributed by atoms with van der Waals surface area (Å²) in [6.07, 6.45) is 7.78. The largest absolute Gasteiger partial charge is 0.464 e. The van der Waals surface area contributed by atoms with Gasteiger partial charge in [0.25, 0.3) is 0 Å². The van der Waals surface area contributed by atoms with Gasteiger partial charge in [-0.2, -0.15) is 0 Å². The van der Waals surface area contributed by atoms with Gasteiger partial charge in [-0.3, -0.25) is 4.79 Å². The molecule has 1 heterocycles. The van der Waals surface area contributed by atoms with Crippen LogP contribution in [0.3, 0.4) is 0 Å². The van der Waals surface area contributed by atoms with Crippen LogP contribution in [0.4, 0.5) is 0 Å². The Bertz CT molecular complexity index is 465. The summed E-state index contributed by atoms with van der Waals surface area (Å²) < 4.78 is 5.61. The number of hydrogen-bond donors (Lipinski definition) is 0. The molecule has 0 saturated carbocycles. The number of thiophene rings is 1. The minimum Gasteiger partial charge on any atom is -0.464 e. The van der Waals surface area contributed by atoms with Crippen LogP contribution in [0.2, 0.25) is 0 Å². The highest BCUT2D eigenvalue weighted by Crippen LogP contribution is 2.35. The minimum absolute atomic E-state index is 0.0637. The Morgan fingerprint density at radius 3 is 2.86 bits per heavy atom. The van der Waals surface area contributed by atoms with Gasteiger partial charge in [0, 0.05) is 11.4 Å². The third-order valence-corrected chi connectivity index (χ3v) is 5.32. The summed E-state index contributed by atoms with van der Waals surface area (Å²) in [6, 6.07) is 4.08. The number of likely N-dealkylation sites (N-methyl/N-ethyl adjacent to an activating group) is 1. The fourth-order valence-corrected chi connectivity index (χ4v) is 3.88. The van der Waals surface area contributed by atoms with E-state index in [2.05, 4.69) is 37.0 Å². The van der Waals surface area contributed by atoms with Crippen molar-refractivity contribution in [3.63, 3.8) is 0 Å². The maximum absolute atomic E-state index is 12.6. The molecular weight excluding hydrogens is 294 g/mol. The van der Waals surface area contributed by atoms with E-state index >= 15 is 0 Å². The third-order valence-electron chi connectivity index (χ3n) is 4.37. The topological polar surface area (TPSA) is 29.5 Å². The third kappa shape index (κ3) is 4.68. The van der Waals surface area contributed by atoms with Crippen molar-refractivity contribution in [3.8, 4) is 0 Å². The zero-order chi connectivity index (χ0) is 15.8. The van der Waals surface area contributed by atoms with Crippen LogP contribution in [-0.2, 0) is 9.53 Å². The first-order valence-corrected chi connectivity index (χ1v) is 9.23. The van der Waals surface area contributed by atoms with Crippen molar-refractivity contribution >= 4 is 17.3 Å². The Kier molecular flexibility index (Phi) is 7.13. The standard InChI is InChI=1S/C18H27NO2S/c1-3-19(4-2)12-13-21-18(20)17(16-11-8-14-22-16)15-9-6-5-7-10-15/h6,8-9,11,14-15,17H,3-5,7,10,12-13H2,1-2H3. The maximum Gasteiger partial charge on any atom is 0.314 e.